The van der Waals surface area contributed by atoms with Crippen LogP contribution in [-0.4, -0.2) is 0 Å². The zero-order valence-electron chi connectivity index (χ0n) is 10.5. The first-order chi connectivity index (χ1) is 8.88. The van der Waals surface area contributed by atoms with E-state index < -0.39 is 0 Å². The molecule has 0 heterocycles. The van der Waals surface area contributed by atoms with Crippen LogP contribution in [0.3, 0.4) is 0 Å². The SMILES string of the molecule is Cc1cc(C(Br)c2cc(Br)cc(Br)c2)c(C)cc1Cl. The van der Waals surface area contributed by atoms with Crippen LogP contribution in [0, 0.1) is 13.8 Å². The van der Waals surface area contributed by atoms with Gasteiger partial charge < -0.3 is 0 Å². The second-order valence-corrected chi connectivity index (χ2v) is 7.68. The summed E-state index contributed by atoms with van der Waals surface area (Å²) < 4.78 is 2.12. The van der Waals surface area contributed by atoms with Gasteiger partial charge in [-0.15, -0.1) is 0 Å². The fourth-order valence-corrected chi connectivity index (χ4v) is 4.28. The van der Waals surface area contributed by atoms with Gasteiger partial charge in [-0.1, -0.05) is 65.5 Å². The summed E-state index contributed by atoms with van der Waals surface area (Å²) in [5.41, 5.74) is 4.73. The van der Waals surface area contributed by atoms with Crippen LogP contribution in [-0.2, 0) is 0 Å². The Morgan fingerprint density at radius 3 is 2.05 bits per heavy atom. The Morgan fingerprint density at radius 2 is 1.47 bits per heavy atom. The molecule has 0 saturated heterocycles. The van der Waals surface area contributed by atoms with Crippen LogP contribution in [0.5, 0.6) is 0 Å². The van der Waals surface area contributed by atoms with Crippen LogP contribution >= 0.6 is 59.4 Å². The smallest absolute Gasteiger partial charge is 0.0648 e. The predicted octanol–water partition coefficient (Wildman–Crippen LogP) is 6.97. The van der Waals surface area contributed by atoms with Gasteiger partial charge in [0.25, 0.3) is 0 Å². The molecule has 4 heteroatoms. The summed E-state index contributed by atoms with van der Waals surface area (Å²) >= 11 is 17.0. The Balaban J connectivity index is 2.49. The first-order valence-corrected chi connectivity index (χ1v) is 8.63. The minimum absolute atomic E-state index is 0.150. The molecule has 0 saturated carbocycles. The molecule has 0 aliphatic rings. The molecule has 0 N–H and O–H groups in total. The van der Waals surface area contributed by atoms with E-state index in [1.165, 1.54) is 16.7 Å². The van der Waals surface area contributed by atoms with E-state index in [4.69, 9.17) is 11.6 Å². The molecule has 100 valence electrons. The fourth-order valence-electron chi connectivity index (χ4n) is 1.98. The van der Waals surface area contributed by atoms with Crippen molar-refractivity contribution < 1.29 is 0 Å². The third kappa shape index (κ3) is 3.63. The highest BCUT2D eigenvalue weighted by atomic mass is 79.9. The van der Waals surface area contributed by atoms with E-state index in [1.807, 2.05) is 19.1 Å². The standard InChI is InChI=1S/C15H12Br3Cl/c1-8-4-14(19)9(2)3-13(8)15(18)10-5-11(16)7-12(17)6-10/h3-7,15H,1-2H3. The molecular weight excluding hydrogens is 455 g/mol. The summed E-state index contributed by atoms with van der Waals surface area (Å²) in [6, 6.07) is 10.4. The number of aryl methyl sites for hydroxylation is 2. The van der Waals surface area contributed by atoms with Gasteiger partial charge in [0, 0.05) is 14.0 Å². The molecule has 0 aromatic heterocycles. The highest BCUT2D eigenvalue weighted by Gasteiger charge is 2.15. The minimum atomic E-state index is 0.150. The number of rotatable bonds is 2. The molecule has 2 aromatic carbocycles. The van der Waals surface area contributed by atoms with Gasteiger partial charge in [-0.25, -0.2) is 0 Å². The van der Waals surface area contributed by atoms with Crippen LogP contribution in [0.1, 0.15) is 27.1 Å². The first-order valence-electron chi connectivity index (χ1n) is 5.75. The molecule has 0 bridgehead atoms. The van der Waals surface area contributed by atoms with Gasteiger partial charge in [0.1, 0.15) is 0 Å². The lowest BCUT2D eigenvalue weighted by molar-refractivity contribution is 1.13. The fraction of sp³-hybridized carbons (Fsp3) is 0.200. The quantitative estimate of drug-likeness (QED) is 0.419. The average Bonchev–Trinajstić information content (AvgIpc) is 2.31. The lowest BCUT2D eigenvalue weighted by atomic mass is 9.98. The summed E-state index contributed by atoms with van der Waals surface area (Å²) in [6.45, 7) is 4.11. The number of alkyl halides is 1. The molecule has 19 heavy (non-hydrogen) atoms. The molecular formula is C15H12Br3Cl. The van der Waals surface area contributed by atoms with Crippen LogP contribution in [0.4, 0.5) is 0 Å². The van der Waals surface area contributed by atoms with Crippen LogP contribution in [0.2, 0.25) is 5.02 Å². The molecule has 0 aliphatic carbocycles. The molecule has 1 unspecified atom stereocenters. The maximum Gasteiger partial charge on any atom is 0.0648 e. The molecule has 1 atom stereocenters. The van der Waals surface area contributed by atoms with Crippen molar-refractivity contribution in [3.8, 4) is 0 Å². The zero-order chi connectivity index (χ0) is 14.2. The van der Waals surface area contributed by atoms with Gasteiger partial charge in [-0.3, -0.25) is 0 Å². The Hall–Kier alpha value is 0.170. The molecule has 0 spiro atoms. The highest BCUT2D eigenvalue weighted by molar-refractivity contribution is 9.11. The van der Waals surface area contributed by atoms with Crippen molar-refractivity contribution in [1.29, 1.82) is 0 Å². The van der Waals surface area contributed by atoms with E-state index in [0.717, 1.165) is 19.5 Å². The first kappa shape index (κ1) is 15.6. The van der Waals surface area contributed by atoms with Crippen molar-refractivity contribution in [2.24, 2.45) is 0 Å². The lowest BCUT2D eigenvalue weighted by Gasteiger charge is -2.16. The molecule has 0 nitrogen and oxygen atoms in total. The van der Waals surface area contributed by atoms with Crippen molar-refractivity contribution in [3.63, 3.8) is 0 Å². The maximum absolute atomic E-state index is 6.16. The highest BCUT2D eigenvalue weighted by Crippen LogP contribution is 2.37. The van der Waals surface area contributed by atoms with Gasteiger partial charge >= 0.3 is 0 Å². The van der Waals surface area contributed by atoms with Gasteiger partial charge in [0.05, 0.1) is 4.83 Å². The second-order valence-electron chi connectivity index (χ2n) is 4.52. The van der Waals surface area contributed by atoms with Gasteiger partial charge in [0.2, 0.25) is 0 Å². The van der Waals surface area contributed by atoms with E-state index in [1.54, 1.807) is 0 Å². The van der Waals surface area contributed by atoms with E-state index in [0.29, 0.717) is 0 Å². The van der Waals surface area contributed by atoms with Crippen molar-refractivity contribution in [3.05, 3.63) is 66.6 Å². The van der Waals surface area contributed by atoms with Crippen molar-refractivity contribution in [2.45, 2.75) is 18.7 Å². The summed E-state index contributed by atoms with van der Waals surface area (Å²) in [7, 11) is 0. The topological polar surface area (TPSA) is 0 Å². The minimum Gasteiger partial charge on any atom is -0.0840 e. The van der Waals surface area contributed by atoms with E-state index in [9.17, 15) is 0 Å². The van der Waals surface area contributed by atoms with E-state index >= 15 is 0 Å². The number of hydrogen-bond donors (Lipinski definition) is 0. The summed E-state index contributed by atoms with van der Waals surface area (Å²) in [4.78, 5) is 0.150. The maximum atomic E-state index is 6.16. The van der Waals surface area contributed by atoms with Gasteiger partial charge in [0.15, 0.2) is 0 Å². The Kier molecular flexibility index (Phi) is 5.15. The second kappa shape index (κ2) is 6.30. The molecule has 0 aliphatic heterocycles. The van der Waals surface area contributed by atoms with Crippen molar-refractivity contribution in [1.82, 2.24) is 0 Å². The number of benzene rings is 2. The molecule has 0 radical (unpaired) electrons. The third-order valence-electron chi connectivity index (χ3n) is 3.00. The third-order valence-corrected chi connectivity index (χ3v) is 5.34. The van der Waals surface area contributed by atoms with Crippen LogP contribution < -0.4 is 0 Å². The van der Waals surface area contributed by atoms with Crippen molar-refractivity contribution in [2.75, 3.05) is 0 Å². The summed E-state index contributed by atoms with van der Waals surface area (Å²) in [5.74, 6) is 0. The van der Waals surface area contributed by atoms with E-state index in [2.05, 4.69) is 72.9 Å². The lowest BCUT2D eigenvalue weighted by Crippen LogP contribution is -1.97. The summed E-state index contributed by atoms with van der Waals surface area (Å²) in [5, 5.41) is 0.816. The zero-order valence-corrected chi connectivity index (χ0v) is 16.0. The van der Waals surface area contributed by atoms with Crippen molar-refractivity contribution >= 4 is 59.4 Å². The van der Waals surface area contributed by atoms with Gasteiger partial charge in [-0.05, 0) is 60.4 Å². The normalized spacial score (nSPS) is 12.5. The summed E-state index contributed by atoms with van der Waals surface area (Å²) in [6.07, 6.45) is 0. The Bertz CT molecular complexity index is 603. The van der Waals surface area contributed by atoms with E-state index in [-0.39, 0.29) is 4.83 Å². The number of hydrogen-bond acceptors (Lipinski definition) is 0. The average molecular weight is 467 g/mol. The molecule has 2 aromatic rings. The molecule has 2 rings (SSSR count). The largest absolute Gasteiger partial charge is 0.0840 e. The molecule has 0 fully saturated rings. The predicted molar refractivity (Wildman–Crippen MR) is 93.5 cm³/mol. The van der Waals surface area contributed by atoms with Gasteiger partial charge in [-0.2, -0.15) is 0 Å². The Labute approximate surface area is 143 Å². The van der Waals surface area contributed by atoms with Crippen LogP contribution in [0.25, 0.3) is 0 Å². The van der Waals surface area contributed by atoms with Crippen LogP contribution in [0.15, 0.2) is 39.3 Å². The Morgan fingerprint density at radius 1 is 0.895 bits per heavy atom. The number of halogens is 4. The molecule has 0 amide bonds. The monoisotopic (exact) mass is 464 g/mol.